The first-order chi connectivity index (χ1) is 31.2. The van der Waals surface area contributed by atoms with E-state index in [0.717, 1.165) is 94.6 Å². The summed E-state index contributed by atoms with van der Waals surface area (Å²) in [6.07, 6.45) is 0. The van der Waals surface area contributed by atoms with Gasteiger partial charge in [0, 0.05) is 61.9 Å². The van der Waals surface area contributed by atoms with E-state index in [1.54, 1.807) is 0 Å². The lowest BCUT2D eigenvalue weighted by Gasteiger charge is -2.28. The van der Waals surface area contributed by atoms with E-state index in [4.69, 9.17) is 8.83 Å². The number of furan rings is 2. The van der Waals surface area contributed by atoms with E-state index in [1.807, 2.05) is 0 Å². The van der Waals surface area contributed by atoms with Crippen LogP contribution in [-0.4, -0.2) is 7.05 Å². The molecule has 11 aromatic carbocycles. The van der Waals surface area contributed by atoms with Gasteiger partial charge in [0.1, 0.15) is 11.2 Å². The summed E-state index contributed by atoms with van der Waals surface area (Å²) < 4.78 is 13.9. The van der Waals surface area contributed by atoms with E-state index in [-0.39, 0.29) is 0 Å². The molecule has 0 fully saturated rings. The maximum absolute atomic E-state index is 7.03. The van der Waals surface area contributed by atoms with Gasteiger partial charge in [-0.25, -0.2) is 0 Å². The number of nitrogens with zero attached hydrogens (tertiary/aromatic N) is 2. The van der Waals surface area contributed by atoms with Crippen molar-refractivity contribution < 1.29 is 8.83 Å². The zero-order valence-electron chi connectivity index (χ0n) is 34.4. The predicted octanol–water partition coefficient (Wildman–Crippen LogP) is 17.0. The number of anilines is 5. The molecule has 0 aliphatic rings. The first-order valence-electron chi connectivity index (χ1n) is 21.5. The van der Waals surface area contributed by atoms with E-state index < -0.39 is 0 Å². The Kier molecular flexibility index (Phi) is 7.79. The van der Waals surface area contributed by atoms with E-state index >= 15 is 0 Å². The van der Waals surface area contributed by atoms with E-state index in [2.05, 4.69) is 229 Å². The number of para-hydroxylation sites is 5. The van der Waals surface area contributed by atoms with Crippen LogP contribution in [0.25, 0.3) is 98.4 Å². The largest absolute Gasteiger partial charge is 0.453 e. The van der Waals surface area contributed by atoms with Crippen LogP contribution in [0.15, 0.2) is 221 Å². The molecule has 0 amide bonds. The van der Waals surface area contributed by atoms with Gasteiger partial charge < -0.3 is 18.6 Å². The molecule has 2 heterocycles. The molecule has 0 N–H and O–H groups in total. The highest BCUT2D eigenvalue weighted by molar-refractivity contribution is 6.28. The minimum absolute atomic E-state index is 0.852. The lowest BCUT2D eigenvalue weighted by molar-refractivity contribution is 0.669. The van der Waals surface area contributed by atoms with Crippen molar-refractivity contribution in [1.82, 2.24) is 0 Å². The zero-order valence-corrected chi connectivity index (χ0v) is 34.4. The van der Waals surface area contributed by atoms with E-state index in [9.17, 15) is 0 Å². The smallest absolute Gasteiger partial charge is 0.159 e. The van der Waals surface area contributed by atoms with Gasteiger partial charge in [0.05, 0.1) is 17.1 Å². The van der Waals surface area contributed by atoms with Gasteiger partial charge >= 0.3 is 0 Å². The Labute approximate surface area is 363 Å². The third kappa shape index (κ3) is 5.35. The summed E-state index contributed by atoms with van der Waals surface area (Å²) in [4.78, 5) is 4.67. The number of benzene rings is 11. The number of fused-ring (bicyclic) bond motifs is 6. The van der Waals surface area contributed by atoms with Crippen LogP contribution in [0.4, 0.5) is 28.4 Å². The first kappa shape index (κ1) is 35.4. The Balaban J connectivity index is 1.00. The van der Waals surface area contributed by atoms with Crippen molar-refractivity contribution in [2.45, 2.75) is 0 Å². The summed E-state index contributed by atoms with van der Waals surface area (Å²) in [5.41, 5.74) is 13.2. The van der Waals surface area contributed by atoms with Crippen molar-refractivity contribution in [3.05, 3.63) is 212 Å². The molecule has 0 aliphatic heterocycles. The lowest BCUT2D eigenvalue weighted by Crippen LogP contribution is -2.11. The topological polar surface area (TPSA) is 32.8 Å². The van der Waals surface area contributed by atoms with Crippen LogP contribution in [0.3, 0.4) is 0 Å². The van der Waals surface area contributed by atoms with Crippen LogP contribution in [0, 0.1) is 0 Å². The Morgan fingerprint density at radius 1 is 0.302 bits per heavy atom. The fraction of sp³-hybridized carbons (Fsp3) is 0.0169. The Morgan fingerprint density at radius 2 is 0.730 bits per heavy atom. The van der Waals surface area contributed by atoms with Crippen LogP contribution < -0.4 is 9.80 Å². The lowest BCUT2D eigenvalue weighted by atomic mass is 9.92. The third-order valence-corrected chi connectivity index (χ3v) is 13.0. The molecule has 0 bridgehead atoms. The van der Waals surface area contributed by atoms with Crippen molar-refractivity contribution >= 4 is 105 Å². The van der Waals surface area contributed by atoms with Gasteiger partial charge in [-0.05, 0) is 69.1 Å². The van der Waals surface area contributed by atoms with Crippen LogP contribution >= 0.6 is 0 Å². The van der Waals surface area contributed by atoms with Crippen LogP contribution in [-0.2, 0) is 0 Å². The first-order valence-corrected chi connectivity index (χ1v) is 21.5. The monoisotopic (exact) mass is 806 g/mol. The van der Waals surface area contributed by atoms with Gasteiger partial charge in [-0.15, -0.1) is 0 Å². The van der Waals surface area contributed by atoms with Gasteiger partial charge in [-0.3, -0.25) is 0 Å². The Morgan fingerprint density at radius 3 is 1.29 bits per heavy atom. The molecule has 0 saturated heterocycles. The molecular weight excluding hydrogens is 769 g/mol. The quantitative estimate of drug-likeness (QED) is 0.150. The summed E-state index contributed by atoms with van der Waals surface area (Å²) in [5, 5.41) is 11.6. The molecule has 13 rings (SSSR count). The molecule has 2 aromatic heterocycles. The third-order valence-electron chi connectivity index (χ3n) is 13.0. The SMILES string of the molecule is CN(c1ccc2ccc3c(N(c4ccccc4)c4cccc5c4oc4c(-c6ccccc6)cccc45)ccc4ccc1c2c43)c1cccc2c1oc1c(-c3ccccc3)cccc12. The zero-order chi connectivity index (χ0) is 41.6. The minimum atomic E-state index is 0.852. The highest BCUT2D eigenvalue weighted by Crippen LogP contribution is 2.49. The Bertz CT molecular complexity index is 3870. The number of rotatable bonds is 7. The summed E-state index contributed by atoms with van der Waals surface area (Å²) in [5.74, 6) is 0. The van der Waals surface area contributed by atoms with Crippen molar-refractivity contribution in [2.24, 2.45) is 0 Å². The molecule has 4 heteroatoms. The summed E-state index contributed by atoms with van der Waals surface area (Å²) in [6, 6.07) is 75.8. The highest BCUT2D eigenvalue weighted by Gasteiger charge is 2.25. The van der Waals surface area contributed by atoms with Crippen molar-refractivity contribution in [1.29, 1.82) is 0 Å². The van der Waals surface area contributed by atoms with Crippen molar-refractivity contribution in [3.8, 4) is 22.3 Å². The molecule has 0 atom stereocenters. The molecule has 0 radical (unpaired) electrons. The average Bonchev–Trinajstić information content (AvgIpc) is 3.94. The average molecular weight is 807 g/mol. The van der Waals surface area contributed by atoms with Crippen LogP contribution in [0.2, 0.25) is 0 Å². The summed E-state index contributed by atoms with van der Waals surface area (Å²) >= 11 is 0. The maximum Gasteiger partial charge on any atom is 0.159 e. The summed E-state index contributed by atoms with van der Waals surface area (Å²) in [6.45, 7) is 0. The molecule has 0 aliphatic carbocycles. The van der Waals surface area contributed by atoms with Gasteiger partial charge in [0.25, 0.3) is 0 Å². The van der Waals surface area contributed by atoms with E-state index in [0.29, 0.717) is 0 Å². The van der Waals surface area contributed by atoms with Gasteiger partial charge in [-0.1, -0.05) is 176 Å². The second kappa shape index (κ2) is 13.8. The molecule has 13 aromatic rings. The predicted molar refractivity (Wildman–Crippen MR) is 265 cm³/mol. The fourth-order valence-electron chi connectivity index (χ4n) is 10.1. The second-order valence-electron chi connectivity index (χ2n) is 16.4. The molecule has 0 spiro atoms. The standard InChI is InChI=1S/C59H38N2O2/c1-60(52-27-13-25-46-44-23-11-21-42(56(44)62-58(46)52)37-15-5-2-6-16-37)50-35-31-39-30-34-49-51(36-32-40-29-33-48(50)54(39)55(40)49)61(41-19-9-4-10-20-41)53-28-14-26-47-45-24-12-22-43(57(45)63-59(47)53)38-17-7-3-8-18-38/h2-36H,1H3. The second-order valence-corrected chi connectivity index (χ2v) is 16.4. The van der Waals surface area contributed by atoms with Crippen molar-refractivity contribution in [3.63, 3.8) is 0 Å². The van der Waals surface area contributed by atoms with Gasteiger partial charge in [-0.2, -0.15) is 0 Å². The normalized spacial score (nSPS) is 11.9. The molecular formula is C59H38N2O2. The van der Waals surface area contributed by atoms with Gasteiger partial charge in [0.2, 0.25) is 0 Å². The van der Waals surface area contributed by atoms with Crippen LogP contribution in [0.5, 0.6) is 0 Å². The fourth-order valence-corrected chi connectivity index (χ4v) is 10.1. The van der Waals surface area contributed by atoms with Gasteiger partial charge in [0.15, 0.2) is 11.2 Å². The van der Waals surface area contributed by atoms with Crippen LogP contribution in [0.1, 0.15) is 0 Å². The molecule has 0 saturated carbocycles. The number of hydrogen-bond acceptors (Lipinski definition) is 4. The highest BCUT2D eigenvalue weighted by atomic mass is 16.3. The Hall–Kier alpha value is -8.34. The molecule has 63 heavy (non-hydrogen) atoms. The maximum atomic E-state index is 7.03. The van der Waals surface area contributed by atoms with E-state index in [1.165, 1.54) is 32.3 Å². The number of hydrogen-bond donors (Lipinski definition) is 0. The molecule has 0 unspecified atom stereocenters. The van der Waals surface area contributed by atoms with Crippen molar-refractivity contribution in [2.75, 3.05) is 16.8 Å². The minimum Gasteiger partial charge on any atom is -0.453 e. The summed E-state index contributed by atoms with van der Waals surface area (Å²) in [7, 11) is 2.16. The molecule has 296 valence electrons. The molecule has 4 nitrogen and oxygen atoms in total.